The van der Waals surface area contributed by atoms with Crippen molar-refractivity contribution in [2.24, 2.45) is 4.76 Å². The second kappa shape index (κ2) is 2.49. The van der Waals surface area contributed by atoms with E-state index in [0.29, 0.717) is 0 Å². The molecule has 6 heteroatoms. The summed E-state index contributed by atoms with van der Waals surface area (Å²) in [5.74, 6) is -3.52. The summed E-state index contributed by atoms with van der Waals surface area (Å²) in [6.07, 6.45) is 0.956. The molecule has 0 aromatic rings. The number of hydrogen-bond acceptors (Lipinski definition) is 2. The summed E-state index contributed by atoms with van der Waals surface area (Å²) in [5.41, 5.74) is 0. The molecule has 0 aromatic carbocycles. The van der Waals surface area contributed by atoms with E-state index in [-0.39, 0.29) is 0 Å². The van der Waals surface area contributed by atoms with Crippen molar-refractivity contribution in [3.63, 3.8) is 0 Å². The van der Waals surface area contributed by atoms with Crippen LogP contribution >= 0.6 is 28.5 Å². The highest BCUT2D eigenvalue weighted by atomic mass is 35.9. The molecule has 0 aliphatic heterocycles. The number of carbonyl (C=O) groups excluding carboxylic acids is 1. The van der Waals surface area contributed by atoms with Gasteiger partial charge >= 0.3 is 6.00 Å². The van der Waals surface area contributed by atoms with Crippen LogP contribution < -0.4 is 0 Å². The van der Waals surface area contributed by atoms with Gasteiger partial charge in [-0.15, -0.1) is 4.76 Å². The van der Waals surface area contributed by atoms with Gasteiger partial charge in [0, 0.05) is 0 Å². The zero-order valence-corrected chi connectivity index (χ0v) is 5.37. The van der Waals surface area contributed by atoms with Crippen molar-refractivity contribution >= 4 is 34.6 Å². The standard InChI is InChI=1S/CCl2NO2P/c2-7(3,6)4-1-5. The van der Waals surface area contributed by atoms with E-state index in [4.69, 9.17) is 22.5 Å². The molecule has 0 aromatic heterocycles. The lowest BCUT2D eigenvalue weighted by molar-refractivity contribution is 0.564. The SMILES string of the molecule is O=C=NP(=O)(Cl)Cl. The van der Waals surface area contributed by atoms with Crippen molar-refractivity contribution in [2.75, 3.05) is 0 Å². The van der Waals surface area contributed by atoms with E-state index in [2.05, 4.69) is 4.76 Å². The summed E-state index contributed by atoms with van der Waals surface area (Å²) in [5, 5.41) is 0. The summed E-state index contributed by atoms with van der Waals surface area (Å²) in [7, 11) is 0. The van der Waals surface area contributed by atoms with Gasteiger partial charge in [-0.25, -0.2) is 4.79 Å². The van der Waals surface area contributed by atoms with Crippen LogP contribution in [-0.4, -0.2) is 6.08 Å². The van der Waals surface area contributed by atoms with E-state index in [0.717, 1.165) is 6.08 Å². The summed E-state index contributed by atoms with van der Waals surface area (Å²) >= 11 is 9.45. The predicted octanol–water partition coefficient (Wildman–Crippen LogP) is 1.91. The molecule has 0 radical (unpaired) electrons. The van der Waals surface area contributed by atoms with Crippen LogP contribution in [0.15, 0.2) is 4.76 Å². The van der Waals surface area contributed by atoms with Gasteiger partial charge in [0.2, 0.25) is 6.08 Å². The minimum Gasteiger partial charge on any atom is -0.262 e. The molecule has 0 rings (SSSR count). The average Bonchev–Trinajstić information content (AvgIpc) is 1.30. The third-order valence-corrected chi connectivity index (χ3v) is 0.925. The molecule has 7 heavy (non-hydrogen) atoms. The Hall–Kier alpha value is 0.190. The van der Waals surface area contributed by atoms with Crippen molar-refractivity contribution in [3.05, 3.63) is 0 Å². The minimum absolute atomic E-state index is 0.956. The molecule has 0 N–H and O–H groups in total. The quantitative estimate of drug-likeness (QED) is 0.334. The first kappa shape index (κ1) is 7.19. The number of hydrogen-bond donors (Lipinski definition) is 0. The Kier molecular flexibility index (Phi) is 2.55. The lowest BCUT2D eigenvalue weighted by Crippen LogP contribution is -1.45. The van der Waals surface area contributed by atoms with Crippen LogP contribution in [0.4, 0.5) is 0 Å². The molecule has 0 heterocycles. The molecule has 3 nitrogen and oxygen atoms in total. The van der Waals surface area contributed by atoms with Crippen molar-refractivity contribution in [3.8, 4) is 0 Å². The lowest BCUT2D eigenvalue weighted by Gasteiger charge is -1.79. The van der Waals surface area contributed by atoms with Gasteiger partial charge in [0.15, 0.2) is 0 Å². The van der Waals surface area contributed by atoms with Gasteiger partial charge in [0.05, 0.1) is 0 Å². The molecule has 0 aliphatic carbocycles. The first-order chi connectivity index (χ1) is 3.06. The van der Waals surface area contributed by atoms with Crippen LogP contribution in [0.2, 0.25) is 0 Å². The van der Waals surface area contributed by atoms with Crippen LogP contribution in [0.3, 0.4) is 0 Å². The number of halogens is 2. The highest BCUT2D eigenvalue weighted by Crippen LogP contribution is 2.57. The Balaban J connectivity index is 4.10. The van der Waals surface area contributed by atoms with Gasteiger partial charge in [-0.1, -0.05) is 0 Å². The highest BCUT2D eigenvalue weighted by Gasteiger charge is 2.08. The maximum absolute atomic E-state index is 9.92. The molecule has 0 amide bonds. The van der Waals surface area contributed by atoms with Gasteiger partial charge in [-0.05, 0) is 22.5 Å². The molecule has 0 fully saturated rings. The summed E-state index contributed by atoms with van der Waals surface area (Å²) in [4.78, 5) is 9.19. The number of nitrogens with zero attached hydrogens (tertiary/aromatic N) is 1. The largest absolute Gasteiger partial charge is 0.374 e. The van der Waals surface area contributed by atoms with E-state index in [1.807, 2.05) is 0 Å². The van der Waals surface area contributed by atoms with Gasteiger partial charge in [-0.2, -0.15) is 0 Å². The molecule has 0 unspecified atom stereocenters. The molecule has 40 valence electrons. The third kappa shape index (κ3) is 6.19. The van der Waals surface area contributed by atoms with Gasteiger partial charge in [0.1, 0.15) is 0 Å². The Morgan fingerprint density at radius 3 is 2.00 bits per heavy atom. The second-order valence-corrected chi connectivity index (χ2v) is 4.96. The van der Waals surface area contributed by atoms with Gasteiger partial charge in [-0.3, -0.25) is 4.57 Å². The minimum atomic E-state index is -3.52. The number of isocyanates is 1. The smallest absolute Gasteiger partial charge is 0.262 e. The van der Waals surface area contributed by atoms with Crippen molar-refractivity contribution < 1.29 is 9.36 Å². The van der Waals surface area contributed by atoms with Crippen LogP contribution in [-0.2, 0) is 9.36 Å². The summed E-state index contributed by atoms with van der Waals surface area (Å²) < 4.78 is 12.5. The predicted molar refractivity (Wildman–Crippen MR) is 27.4 cm³/mol. The van der Waals surface area contributed by atoms with Crippen molar-refractivity contribution in [1.82, 2.24) is 0 Å². The molecule has 0 saturated carbocycles. The van der Waals surface area contributed by atoms with Crippen LogP contribution in [0, 0.1) is 0 Å². The molecule has 0 atom stereocenters. The van der Waals surface area contributed by atoms with Crippen molar-refractivity contribution in [2.45, 2.75) is 0 Å². The normalized spacial score (nSPS) is 10.0. The molecule has 0 bridgehead atoms. The Labute approximate surface area is 49.3 Å². The summed E-state index contributed by atoms with van der Waals surface area (Å²) in [6.45, 7) is 0. The average molecular weight is 160 g/mol. The first-order valence-corrected chi connectivity index (χ1v) is 4.62. The fourth-order valence-corrected chi connectivity index (χ4v) is 0.328. The topological polar surface area (TPSA) is 46.5 Å². The highest BCUT2D eigenvalue weighted by molar-refractivity contribution is 8.07. The maximum Gasteiger partial charge on any atom is 0.374 e. The fourth-order valence-electron chi connectivity index (χ4n) is 0.0475. The second-order valence-electron chi connectivity index (χ2n) is 0.626. The lowest BCUT2D eigenvalue weighted by atomic mass is 11.7. The van der Waals surface area contributed by atoms with E-state index < -0.39 is 6.00 Å². The van der Waals surface area contributed by atoms with Gasteiger partial charge < -0.3 is 0 Å². The monoisotopic (exact) mass is 159 g/mol. The fraction of sp³-hybridized carbons (Fsp3) is 0. The summed E-state index contributed by atoms with van der Waals surface area (Å²) in [6, 6.07) is 0. The Morgan fingerprint density at radius 1 is 1.57 bits per heavy atom. The first-order valence-electron chi connectivity index (χ1n) is 1.15. The molecule has 0 saturated heterocycles. The third-order valence-electron chi connectivity index (χ3n) is 0.157. The Bertz CT molecular complexity index is 144. The van der Waals surface area contributed by atoms with Crippen LogP contribution in [0.5, 0.6) is 0 Å². The van der Waals surface area contributed by atoms with Crippen LogP contribution in [0.25, 0.3) is 0 Å². The van der Waals surface area contributed by atoms with Crippen molar-refractivity contribution in [1.29, 1.82) is 0 Å². The maximum atomic E-state index is 9.92. The number of rotatable bonds is 1. The zero-order valence-electron chi connectivity index (χ0n) is 2.97. The zero-order chi connectivity index (χ0) is 5.91. The van der Waals surface area contributed by atoms with E-state index in [9.17, 15) is 9.36 Å². The molecular weight excluding hydrogens is 160 g/mol. The molecule has 0 spiro atoms. The van der Waals surface area contributed by atoms with E-state index in [1.54, 1.807) is 0 Å². The molecule has 0 aliphatic rings. The van der Waals surface area contributed by atoms with Crippen LogP contribution in [0.1, 0.15) is 0 Å². The van der Waals surface area contributed by atoms with Gasteiger partial charge in [0.25, 0.3) is 0 Å². The van der Waals surface area contributed by atoms with E-state index in [1.165, 1.54) is 0 Å². The van der Waals surface area contributed by atoms with E-state index >= 15 is 0 Å². The molecular formula is CCl2NO2P. The Morgan fingerprint density at radius 2 is 2.00 bits per heavy atom.